The number of amides is 1. The van der Waals surface area contributed by atoms with E-state index in [9.17, 15) is 4.79 Å². The number of hydrogen-bond donors (Lipinski definition) is 1. The quantitative estimate of drug-likeness (QED) is 0.795. The second-order valence-corrected chi connectivity index (χ2v) is 5.97. The van der Waals surface area contributed by atoms with Gasteiger partial charge in [0.25, 0.3) is 0 Å². The molecule has 94 valence electrons. The zero-order chi connectivity index (χ0) is 12.2. The highest BCUT2D eigenvalue weighted by atomic mass is 16.2. The second kappa shape index (κ2) is 5.67. The van der Waals surface area contributed by atoms with Crippen LogP contribution in [0.3, 0.4) is 0 Å². The molecule has 3 heteroatoms. The molecule has 1 saturated heterocycles. The first-order valence-electron chi connectivity index (χ1n) is 6.46. The lowest BCUT2D eigenvalue weighted by Crippen LogP contribution is -2.52. The van der Waals surface area contributed by atoms with Gasteiger partial charge in [-0.25, -0.2) is 0 Å². The van der Waals surface area contributed by atoms with E-state index in [1.165, 1.54) is 0 Å². The Balaban J connectivity index is 2.50. The topological polar surface area (TPSA) is 32.3 Å². The third-order valence-electron chi connectivity index (χ3n) is 2.84. The van der Waals surface area contributed by atoms with Gasteiger partial charge in [0.1, 0.15) is 0 Å². The molecule has 0 aromatic heterocycles. The molecule has 0 aromatic carbocycles. The van der Waals surface area contributed by atoms with Crippen LogP contribution < -0.4 is 5.32 Å². The molecular weight excluding hydrogens is 200 g/mol. The molecule has 1 heterocycles. The molecule has 1 rings (SSSR count). The highest BCUT2D eigenvalue weighted by molar-refractivity contribution is 5.82. The summed E-state index contributed by atoms with van der Waals surface area (Å²) in [6, 6.07) is 0.0658. The summed E-state index contributed by atoms with van der Waals surface area (Å²) in [4.78, 5) is 14.2. The molecule has 16 heavy (non-hydrogen) atoms. The number of carbonyl (C=O) groups excluding carboxylic acids is 1. The van der Waals surface area contributed by atoms with E-state index in [4.69, 9.17) is 0 Å². The molecule has 0 aliphatic carbocycles. The van der Waals surface area contributed by atoms with E-state index in [0.717, 1.165) is 38.9 Å². The Labute approximate surface area is 99.6 Å². The molecule has 0 radical (unpaired) electrons. The van der Waals surface area contributed by atoms with Crippen molar-refractivity contribution < 1.29 is 4.79 Å². The Hall–Kier alpha value is -0.570. The number of carbonyl (C=O) groups is 1. The Kier molecular flexibility index (Phi) is 4.78. The van der Waals surface area contributed by atoms with Gasteiger partial charge in [0.05, 0.1) is 6.04 Å². The average Bonchev–Trinajstić information content (AvgIpc) is 2.17. The lowest BCUT2D eigenvalue weighted by molar-refractivity contribution is -0.137. The van der Waals surface area contributed by atoms with Gasteiger partial charge in [0.15, 0.2) is 0 Å². The summed E-state index contributed by atoms with van der Waals surface area (Å²) in [7, 11) is 0. The molecule has 1 atom stereocenters. The molecule has 0 saturated carbocycles. The number of nitrogens with one attached hydrogen (secondary N) is 1. The van der Waals surface area contributed by atoms with E-state index in [-0.39, 0.29) is 11.5 Å². The van der Waals surface area contributed by atoms with E-state index >= 15 is 0 Å². The van der Waals surface area contributed by atoms with Crippen LogP contribution in [0, 0.1) is 5.41 Å². The molecule has 1 unspecified atom stereocenters. The number of nitrogens with zero attached hydrogens (tertiary/aromatic N) is 1. The fraction of sp³-hybridized carbons (Fsp3) is 0.923. The van der Waals surface area contributed by atoms with Crippen LogP contribution in [0.25, 0.3) is 0 Å². The number of piperidine rings is 1. The number of likely N-dealkylation sites (tertiary alicyclic amines) is 1. The van der Waals surface area contributed by atoms with Crippen molar-refractivity contribution in [1.29, 1.82) is 0 Å². The van der Waals surface area contributed by atoms with E-state index in [1.807, 2.05) is 4.90 Å². The predicted octanol–water partition coefficient (Wildman–Crippen LogP) is 2.02. The molecule has 1 N–H and O–H groups in total. The molecule has 0 spiro atoms. The van der Waals surface area contributed by atoms with Crippen molar-refractivity contribution in [3.05, 3.63) is 0 Å². The van der Waals surface area contributed by atoms with Crippen LogP contribution in [0.15, 0.2) is 0 Å². The lowest BCUT2D eigenvalue weighted by atomic mass is 9.94. The summed E-state index contributed by atoms with van der Waals surface area (Å²) in [5.41, 5.74) is 0.197. The van der Waals surface area contributed by atoms with Crippen LogP contribution >= 0.6 is 0 Å². The van der Waals surface area contributed by atoms with Gasteiger partial charge in [-0.1, -0.05) is 27.7 Å². The van der Waals surface area contributed by atoms with E-state index in [1.54, 1.807) is 0 Å². The van der Waals surface area contributed by atoms with Crippen LogP contribution in [0.2, 0.25) is 0 Å². The largest absolute Gasteiger partial charge is 0.341 e. The molecule has 1 aliphatic heterocycles. The second-order valence-electron chi connectivity index (χ2n) is 5.97. The average molecular weight is 226 g/mol. The fourth-order valence-electron chi connectivity index (χ4n) is 2.18. The maximum absolute atomic E-state index is 12.2. The fourth-order valence-corrected chi connectivity index (χ4v) is 2.18. The normalized spacial score (nSPS) is 22.6. The van der Waals surface area contributed by atoms with Crippen molar-refractivity contribution in [1.82, 2.24) is 10.2 Å². The van der Waals surface area contributed by atoms with Crippen LogP contribution in [0.1, 0.15) is 47.0 Å². The van der Waals surface area contributed by atoms with Crippen molar-refractivity contribution in [2.75, 3.05) is 19.6 Å². The van der Waals surface area contributed by atoms with Gasteiger partial charge in [0, 0.05) is 13.1 Å². The number of hydrogen-bond acceptors (Lipinski definition) is 2. The standard InChI is InChI=1S/C13H26N2O/c1-5-8-14-11-7-6-9-15(12(11)16)10-13(2,3)4/h11,14H,5-10H2,1-4H3. The highest BCUT2D eigenvalue weighted by Gasteiger charge is 2.30. The van der Waals surface area contributed by atoms with Gasteiger partial charge in [0.2, 0.25) is 5.91 Å². The Bertz CT molecular complexity index is 233. The van der Waals surface area contributed by atoms with Crippen molar-refractivity contribution >= 4 is 5.91 Å². The minimum atomic E-state index is 0.0658. The summed E-state index contributed by atoms with van der Waals surface area (Å²) in [6.45, 7) is 11.4. The number of rotatable bonds is 4. The third kappa shape index (κ3) is 4.12. The highest BCUT2D eigenvalue weighted by Crippen LogP contribution is 2.19. The summed E-state index contributed by atoms with van der Waals surface area (Å²) < 4.78 is 0. The zero-order valence-corrected chi connectivity index (χ0v) is 11.2. The van der Waals surface area contributed by atoms with E-state index < -0.39 is 0 Å². The van der Waals surface area contributed by atoms with Gasteiger partial charge < -0.3 is 10.2 Å². The SMILES string of the molecule is CCCNC1CCCN(CC(C)(C)C)C1=O. The first-order valence-corrected chi connectivity index (χ1v) is 6.46. The molecular formula is C13H26N2O. The summed E-state index contributed by atoms with van der Waals surface area (Å²) >= 11 is 0. The summed E-state index contributed by atoms with van der Waals surface area (Å²) in [6.07, 6.45) is 3.21. The van der Waals surface area contributed by atoms with Crippen LogP contribution in [-0.4, -0.2) is 36.5 Å². The van der Waals surface area contributed by atoms with Gasteiger partial charge in [-0.15, -0.1) is 0 Å². The zero-order valence-electron chi connectivity index (χ0n) is 11.2. The van der Waals surface area contributed by atoms with Gasteiger partial charge in [-0.3, -0.25) is 4.79 Å². The van der Waals surface area contributed by atoms with Crippen molar-refractivity contribution in [3.8, 4) is 0 Å². The first kappa shape index (κ1) is 13.5. The molecule has 1 amide bonds. The third-order valence-corrected chi connectivity index (χ3v) is 2.84. The van der Waals surface area contributed by atoms with Crippen LogP contribution in [-0.2, 0) is 4.79 Å². The van der Waals surface area contributed by atoms with Crippen LogP contribution in [0.5, 0.6) is 0 Å². The molecule has 1 fully saturated rings. The summed E-state index contributed by atoms with van der Waals surface area (Å²) in [5.74, 6) is 0.301. The lowest BCUT2D eigenvalue weighted by Gasteiger charge is -2.36. The van der Waals surface area contributed by atoms with Gasteiger partial charge in [-0.2, -0.15) is 0 Å². The Morgan fingerprint density at radius 1 is 1.44 bits per heavy atom. The molecule has 1 aliphatic rings. The van der Waals surface area contributed by atoms with Gasteiger partial charge in [-0.05, 0) is 31.2 Å². The van der Waals surface area contributed by atoms with Gasteiger partial charge >= 0.3 is 0 Å². The van der Waals surface area contributed by atoms with Crippen molar-refractivity contribution in [2.24, 2.45) is 5.41 Å². The molecule has 0 aromatic rings. The Morgan fingerprint density at radius 3 is 2.69 bits per heavy atom. The first-order chi connectivity index (χ1) is 7.44. The maximum Gasteiger partial charge on any atom is 0.239 e. The predicted molar refractivity (Wildman–Crippen MR) is 67.4 cm³/mol. The van der Waals surface area contributed by atoms with Crippen LogP contribution in [0.4, 0.5) is 0 Å². The monoisotopic (exact) mass is 226 g/mol. The summed E-state index contributed by atoms with van der Waals surface area (Å²) in [5, 5.41) is 3.35. The van der Waals surface area contributed by atoms with E-state index in [0.29, 0.717) is 5.91 Å². The Morgan fingerprint density at radius 2 is 2.12 bits per heavy atom. The minimum absolute atomic E-state index is 0.0658. The molecule has 0 bridgehead atoms. The minimum Gasteiger partial charge on any atom is -0.341 e. The molecule has 3 nitrogen and oxygen atoms in total. The van der Waals surface area contributed by atoms with Crippen molar-refractivity contribution in [3.63, 3.8) is 0 Å². The van der Waals surface area contributed by atoms with Crippen molar-refractivity contribution in [2.45, 2.75) is 53.0 Å². The van der Waals surface area contributed by atoms with E-state index in [2.05, 4.69) is 33.0 Å². The maximum atomic E-state index is 12.2. The smallest absolute Gasteiger partial charge is 0.239 e.